The van der Waals surface area contributed by atoms with E-state index in [1.165, 1.54) is 4.57 Å². The van der Waals surface area contributed by atoms with E-state index in [1.807, 2.05) is 55.5 Å². The van der Waals surface area contributed by atoms with E-state index in [4.69, 9.17) is 17.3 Å². The topological polar surface area (TPSA) is 99.1 Å². The fourth-order valence-electron chi connectivity index (χ4n) is 3.45. The summed E-state index contributed by atoms with van der Waals surface area (Å²) >= 11 is 6.22. The molecule has 3 aromatic rings. The second-order valence-electron chi connectivity index (χ2n) is 7.21. The average molecular weight is 441 g/mol. The zero-order valence-electron chi connectivity index (χ0n) is 17.5. The number of carbonyl (C=O) groups excluding carboxylic acids is 1. The Morgan fingerprint density at radius 1 is 1.06 bits per heavy atom. The van der Waals surface area contributed by atoms with Gasteiger partial charge in [0.15, 0.2) is 5.78 Å². The van der Waals surface area contributed by atoms with Crippen molar-refractivity contribution in [3.8, 4) is 0 Å². The summed E-state index contributed by atoms with van der Waals surface area (Å²) in [6, 6.07) is 16.4. The summed E-state index contributed by atoms with van der Waals surface area (Å²) in [5.41, 5.74) is 6.45. The van der Waals surface area contributed by atoms with Crippen LogP contribution in [0.1, 0.15) is 41.4 Å². The molecule has 0 aliphatic heterocycles. The fourth-order valence-corrected chi connectivity index (χ4v) is 3.74. The largest absolute Gasteiger partial charge is 0.384 e. The molecule has 0 aliphatic carbocycles. The van der Waals surface area contributed by atoms with Gasteiger partial charge in [0.25, 0.3) is 5.56 Å². The molecule has 2 aromatic carbocycles. The monoisotopic (exact) mass is 440 g/mol. The maximum atomic E-state index is 13.0. The second kappa shape index (κ2) is 9.76. The Balaban J connectivity index is 1.93. The smallest absolute Gasteiger partial charge is 0.332 e. The Bertz CT molecular complexity index is 1200. The molecule has 1 atom stereocenters. The molecule has 3 N–H and O–H groups in total. The van der Waals surface area contributed by atoms with E-state index in [2.05, 4.69) is 5.32 Å². The first-order valence-corrected chi connectivity index (χ1v) is 10.4. The van der Waals surface area contributed by atoms with Gasteiger partial charge in [-0.3, -0.25) is 18.7 Å². The molecule has 1 aromatic heterocycles. The van der Waals surface area contributed by atoms with E-state index >= 15 is 0 Å². The molecule has 31 heavy (non-hydrogen) atoms. The van der Waals surface area contributed by atoms with Crippen LogP contribution < -0.4 is 22.3 Å². The summed E-state index contributed by atoms with van der Waals surface area (Å²) in [6.07, 6.45) is 0. The minimum absolute atomic E-state index is 0.124. The summed E-state index contributed by atoms with van der Waals surface area (Å²) in [6.45, 7) is 3.72. The van der Waals surface area contributed by atoms with E-state index in [9.17, 15) is 14.4 Å². The van der Waals surface area contributed by atoms with Crippen molar-refractivity contribution in [2.24, 2.45) is 0 Å². The summed E-state index contributed by atoms with van der Waals surface area (Å²) in [5, 5.41) is 3.67. The third-order valence-electron chi connectivity index (χ3n) is 5.19. The van der Waals surface area contributed by atoms with Crippen LogP contribution in [0.5, 0.6) is 0 Å². The highest BCUT2D eigenvalue weighted by atomic mass is 35.5. The summed E-state index contributed by atoms with van der Waals surface area (Å²) < 4.78 is 2.30. The lowest BCUT2D eigenvalue weighted by molar-refractivity contribution is 0.0986. The lowest BCUT2D eigenvalue weighted by Gasteiger charge is -2.18. The van der Waals surface area contributed by atoms with Gasteiger partial charge < -0.3 is 11.1 Å². The van der Waals surface area contributed by atoms with Gasteiger partial charge in [0.2, 0.25) is 0 Å². The molecule has 0 radical (unpaired) electrons. The zero-order valence-corrected chi connectivity index (χ0v) is 18.2. The second-order valence-corrected chi connectivity index (χ2v) is 7.62. The maximum absolute atomic E-state index is 13.0. The van der Waals surface area contributed by atoms with Gasteiger partial charge in [0, 0.05) is 17.6 Å². The highest BCUT2D eigenvalue weighted by Gasteiger charge is 2.23. The van der Waals surface area contributed by atoms with Gasteiger partial charge in [-0.1, -0.05) is 60.1 Å². The average Bonchev–Trinajstić information content (AvgIpc) is 2.76. The SMILES string of the molecule is CCn1c(=O)c(C(=O)CNC(C)c2ccccc2Cl)c(N)n(Cc2ccccc2)c1=O. The van der Waals surface area contributed by atoms with Crippen LogP contribution in [0, 0.1) is 0 Å². The van der Waals surface area contributed by atoms with Gasteiger partial charge in [-0.2, -0.15) is 0 Å². The standard InChI is InChI=1S/C23H25ClN4O3/c1-3-27-22(30)20(19(29)13-26-15(2)17-11-7-8-12-18(17)24)21(25)28(23(27)31)14-16-9-5-4-6-10-16/h4-12,15,26H,3,13-14,25H2,1-2H3. The predicted molar refractivity (Wildman–Crippen MR) is 123 cm³/mol. The first-order chi connectivity index (χ1) is 14.8. The molecule has 3 rings (SSSR count). The lowest BCUT2D eigenvalue weighted by atomic mass is 10.1. The molecule has 0 fully saturated rings. The Morgan fingerprint density at radius 3 is 2.35 bits per heavy atom. The molecule has 0 spiro atoms. The van der Waals surface area contributed by atoms with Gasteiger partial charge in [-0.25, -0.2) is 4.79 Å². The Morgan fingerprint density at radius 2 is 1.71 bits per heavy atom. The van der Waals surface area contributed by atoms with Crippen molar-refractivity contribution < 1.29 is 4.79 Å². The molecule has 1 unspecified atom stereocenters. The van der Waals surface area contributed by atoms with Crippen molar-refractivity contribution >= 4 is 23.2 Å². The molecule has 7 nitrogen and oxygen atoms in total. The molecular formula is C23H25ClN4O3. The van der Waals surface area contributed by atoms with Gasteiger partial charge in [0.1, 0.15) is 11.4 Å². The number of benzene rings is 2. The van der Waals surface area contributed by atoms with Gasteiger partial charge in [-0.15, -0.1) is 0 Å². The summed E-state index contributed by atoms with van der Waals surface area (Å²) in [4.78, 5) is 38.7. The quantitative estimate of drug-likeness (QED) is 0.525. The number of nitrogens with two attached hydrogens (primary N) is 1. The number of hydrogen-bond acceptors (Lipinski definition) is 5. The van der Waals surface area contributed by atoms with Gasteiger partial charge in [0.05, 0.1) is 13.1 Å². The molecule has 8 heteroatoms. The highest BCUT2D eigenvalue weighted by Crippen LogP contribution is 2.22. The van der Waals surface area contributed by atoms with Crippen LogP contribution in [0.25, 0.3) is 0 Å². The number of nitrogens with zero attached hydrogens (tertiary/aromatic N) is 2. The maximum Gasteiger partial charge on any atom is 0.332 e. The van der Waals surface area contributed by atoms with Crippen molar-refractivity contribution in [3.63, 3.8) is 0 Å². The van der Waals surface area contributed by atoms with Crippen LogP contribution >= 0.6 is 11.6 Å². The van der Waals surface area contributed by atoms with E-state index in [0.717, 1.165) is 15.7 Å². The molecule has 1 heterocycles. The number of anilines is 1. The zero-order chi connectivity index (χ0) is 22.5. The van der Waals surface area contributed by atoms with E-state index < -0.39 is 17.0 Å². The predicted octanol–water partition coefficient (Wildman–Crippen LogP) is 2.85. The number of nitrogens with one attached hydrogen (secondary N) is 1. The Labute approximate surface area is 185 Å². The number of aromatic nitrogens is 2. The first kappa shape index (κ1) is 22.5. The van der Waals surface area contributed by atoms with E-state index in [0.29, 0.717) is 5.02 Å². The van der Waals surface area contributed by atoms with Crippen LogP contribution in [-0.2, 0) is 13.1 Å². The number of Topliss-reactive ketones (excluding diaryl/α,β-unsaturated/α-hetero) is 1. The molecule has 162 valence electrons. The minimum Gasteiger partial charge on any atom is -0.384 e. The van der Waals surface area contributed by atoms with Crippen LogP contribution in [0.15, 0.2) is 64.2 Å². The third-order valence-corrected chi connectivity index (χ3v) is 5.53. The number of rotatable bonds is 8. The summed E-state index contributed by atoms with van der Waals surface area (Å²) in [5.74, 6) is -0.605. The Kier molecular flexibility index (Phi) is 7.09. The number of ketones is 1. The van der Waals surface area contributed by atoms with E-state index in [-0.39, 0.29) is 37.1 Å². The van der Waals surface area contributed by atoms with Crippen molar-refractivity contribution in [1.29, 1.82) is 0 Å². The molecule has 0 amide bonds. The lowest BCUT2D eigenvalue weighted by Crippen LogP contribution is -2.45. The van der Waals surface area contributed by atoms with Gasteiger partial charge >= 0.3 is 5.69 Å². The molecular weight excluding hydrogens is 416 g/mol. The fraction of sp³-hybridized carbons (Fsp3) is 0.261. The van der Waals surface area contributed by atoms with Crippen molar-refractivity contribution in [1.82, 2.24) is 14.5 Å². The Hall–Kier alpha value is -3.16. The van der Waals surface area contributed by atoms with Crippen LogP contribution in [0.3, 0.4) is 0 Å². The van der Waals surface area contributed by atoms with Crippen LogP contribution in [-0.4, -0.2) is 21.5 Å². The first-order valence-electron chi connectivity index (χ1n) is 10.0. The van der Waals surface area contributed by atoms with Crippen molar-refractivity contribution in [2.75, 3.05) is 12.3 Å². The molecule has 0 saturated heterocycles. The molecule has 0 aliphatic rings. The minimum atomic E-state index is -0.675. The molecule has 0 bridgehead atoms. The van der Waals surface area contributed by atoms with Crippen LogP contribution in [0.2, 0.25) is 5.02 Å². The van der Waals surface area contributed by atoms with Crippen LogP contribution in [0.4, 0.5) is 5.82 Å². The highest BCUT2D eigenvalue weighted by molar-refractivity contribution is 6.31. The number of halogens is 1. The third kappa shape index (κ3) is 4.78. The molecule has 0 saturated carbocycles. The number of nitrogen functional groups attached to an aromatic ring is 1. The number of carbonyl (C=O) groups is 1. The van der Waals surface area contributed by atoms with E-state index in [1.54, 1.807) is 13.0 Å². The summed E-state index contributed by atoms with van der Waals surface area (Å²) in [7, 11) is 0. The van der Waals surface area contributed by atoms with Crippen molar-refractivity contribution in [3.05, 3.63) is 97.1 Å². The van der Waals surface area contributed by atoms with Crippen molar-refractivity contribution in [2.45, 2.75) is 33.0 Å². The van der Waals surface area contributed by atoms with Gasteiger partial charge in [-0.05, 0) is 31.0 Å². The normalized spacial score (nSPS) is 12.0. The number of hydrogen-bond donors (Lipinski definition) is 2.